The first-order chi connectivity index (χ1) is 11.6. The average molecular weight is 344 g/mol. The van der Waals surface area contributed by atoms with Crippen molar-refractivity contribution in [3.63, 3.8) is 0 Å². The maximum atomic E-state index is 12.8. The number of para-hydroxylation sites is 1. The number of aromatic nitrogens is 1. The number of amides is 1. The number of carbonyl (C=O) groups excluding carboxylic acids is 1. The van der Waals surface area contributed by atoms with Crippen LogP contribution in [0.15, 0.2) is 30.3 Å². The van der Waals surface area contributed by atoms with Crippen molar-refractivity contribution in [2.45, 2.75) is 51.7 Å². The van der Waals surface area contributed by atoms with E-state index in [1.165, 1.54) is 15.6 Å². The predicted octanol–water partition coefficient (Wildman–Crippen LogP) is 4.01. The molecule has 128 valence electrons. The highest BCUT2D eigenvalue weighted by Crippen LogP contribution is 2.38. The summed E-state index contributed by atoms with van der Waals surface area (Å²) in [5, 5.41) is 1.17. The average Bonchev–Trinajstić information content (AvgIpc) is 3.04. The van der Waals surface area contributed by atoms with Gasteiger partial charge in [-0.15, -0.1) is 11.3 Å². The molecule has 1 aliphatic rings. The number of hydrogen-bond acceptors (Lipinski definition) is 4. The summed E-state index contributed by atoms with van der Waals surface area (Å²) in [6.45, 7) is 3.95. The number of ether oxygens (including phenoxy) is 1. The molecule has 1 aromatic heterocycles. The Hall–Kier alpha value is -1.88. The van der Waals surface area contributed by atoms with E-state index in [0.717, 1.165) is 31.4 Å². The molecule has 0 radical (unpaired) electrons. The minimum absolute atomic E-state index is 0.0168. The zero-order valence-corrected chi connectivity index (χ0v) is 15.3. The highest BCUT2D eigenvalue weighted by atomic mass is 32.1. The summed E-state index contributed by atoms with van der Waals surface area (Å²) in [6.07, 6.45) is 3.56. The van der Waals surface area contributed by atoms with E-state index in [2.05, 4.69) is 6.92 Å². The van der Waals surface area contributed by atoms with Crippen LogP contribution < -0.4 is 4.74 Å². The van der Waals surface area contributed by atoms with Gasteiger partial charge >= 0.3 is 0 Å². The minimum Gasteiger partial charge on any atom is -0.481 e. The number of rotatable bonds is 5. The molecule has 2 atom stereocenters. The fraction of sp³-hybridized carbons (Fsp3) is 0.474. The monoisotopic (exact) mass is 344 g/mol. The first-order valence-electron chi connectivity index (χ1n) is 8.57. The van der Waals surface area contributed by atoms with Crippen LogP contribution in [0.25, 0.3) is 0 Å². The van der Waals surface area contributed by atoms with E-state index in [4.69, 9.17) is 9.72 Å². The van der Waals surface area contributed by atoms with Gasteiger partial charge in [0.2, 0.25) is 0 Å². The quantitative estimate of drug-likeness (QED) is 0.823. The molecule has 0 bridgehead atoms. The van der Waals surface area contributed by atoms with Crippen LogP contribution in [0, 0.1) is 0 Å². The molecule has 0 spiro atoms. The number of thiazole rings is 1. The Bertz CT molecular complexity index is 699. The number of aryl methyl sites for hydroxylation is 2. The van der Waals surface area contributed by atoms with Gasteiger partial charge in [-0.05, 0) is 44.7 Å². The van der Waals surface area contributed by atoms with Crippen molar-refractivity contribution in [1.29, 1.82) is 0 Å². The topological polar surface area (TPSA) is 42.4 Å². The molecule has 1 amide bonds. The van der Waals surface area contributed by atoms with E-state index in [1.54, 1.807) is 11.3 Å². The molecule has 0 aliphatic heterocycles. The van der Waals surface area contributed by atoms with Crippen LogP contribution in [-0.4, -0.2) is 28.9 Å². The maximum Gasteiger partial charge on any atom is 0.263 e. The van der Waals surface area contributed by atoms with Gasteiger partial charge in [-0.2, -0.15) is 0 Å². The summed E-state index contributed by atoms with van der Waals surface area (Å²) in [7, 11) is 1.89. The number of hydrogen-bond donors (Lipinski definition) is 0. The van der Waals surface area contributed by atoms with Gasteiger partial charge in [-0.1, -0.05) is 25.1 Å². The van der Waals surface area contributed by atoms with Gasteiger partial charge in [0.1, 0.15) is 5.75 Å². The molecule has 0 fully saturated rings. The molecule has 0 saturated carbocycles. The third-order valence-corrected chi connectivity index (χ3v) is 5.83. The zero-order valence-electron chi connectivity index (χ0n) is 14.5. The van der Waals surface area contributed by atoms with Gasteiger partial charge in [-0.25, -0.2) is 4.98 Å². The fourth-order valence-electron chi connectivity index (χ4n) is 3.16. The number of fused-ring (bicyclic) bond motifs is 1. The molecular formula is C19H24N2O2S. The lowest BCUT2D eigenvalue weighted by molar-refractivity contribution is -0.139. The highest BCUT2D eigenvalue weighted by molar-refractivity contribution is 7.11. The van der Waals surface area contributed by atoms with Crippen molar-refractivity contribution in [3.8, 4) is 5.75 Å². The highest BCUT2D eigenvalue weighted by Gasteiger charge is 2.32. The van der Waals surface area contributed by atoms with Gasteiger partial charge in [0.15, 0.2) is 6.10 Å². The van der Waals surface area contributed by atoms with E-state index in [0.29, 0.717) is 0 Å². The number of benzene rings is 1. The molecule has 1 heterocycles. The molecule has 5 heteroatoms. The van der Waals surface area contributed by atoms with Crippen molar-refractivity contribution in [1.82, 2.24) is 9.88 Å². The molecule has 3 rings (SSSR count). The molecule has 2 aromatic rings. The molecule has 0 N–H and O–H groups in total. The summed E-state index contributed by atoms with van der Waals surface area (Å²) < 4.78 is 5.80. The van der Waals surface area contributed by atoms with E-state index in [-0.39, 0.29) is 11.9 Å². The van der Waals surface area contributed by atoms with Crippen LogP contribution in [0.4, 0.5) is 0 Å². The third kappa shape index (κ3) is 3.46. The largest absolute Gasteiger partial charge is 0.481 e. The summed E-state index contributed by atoms with van der Waals surface area (Å²) in [5.74, 6) is 0.741. The lowest BCUT2D eigenvalue weighted by Gasteiger charge is -2.32. The van der Waals surface area contributed by atoms with Crippen molar-refractivity contribution >= 4 is 17.2 Å². The van der Waals surface area contributed by atoms with Crippen LogP contribution in [-0.2, 0) is 17.6 Å². The van der Waals surface area contributed by atoms with Crippen molar-refractivity contribution in [3.05, 3.63) is 45.9 Å². The predicted molar refractivity (Wildman–Crippen MR) is 96.5 cm³/mol. The Balaban J connectivity index is 1.73. The Labute approximate surface area is 147 Å². The first-order valence-corrected chi connectivity index (χ1v) is 9.38. The van der Waals surface area contributed by atoms with Gasteiger partial charge in [0, 0.05) is 7.05 Å². The molecule has 4 nitrogen and oxygen atoms in total. The standard InChI is InChI=1S/C19H24N2O2S/c1-4-17-20-15-11-8-12-16(18(15)24-17)21(3)19(22)13(2)23-14-9-6-5-7-10-14/h5-7,9-10,13,16H,4,8,11-12H2,1-3H3/t13-,16-/m1/s1. The van der Waals surface area contributed by atoms with E-state index in [1.807, 2.05) is 49.2 Å². The second-order valence-electron chi connectivity index (χ2n) is 6.20. The number of nitrogens with zero attached hydrogens (tertiary/aromatic N) is 2. The molecule has 0 unspecified atom stereocenters. The Kier molecular flexibility index (Phi) is 5.19. The third-order valence-electron chi connectivity index (χ3n) is 4.49. The normalized spacial score (nSPS) is 17.9. The van der Waals surface area contributed by atoms with Crippen LogP contribution in [0.2, 0.25) is 0 Å². The smallest absolute Gasteiger partial charge is 0.263 e. The Morgan fingerprint density at radius 1 is 1.42 bits per heavy atom. The van der Waals surface area contributed by atoms with Crippen LogP contribution in [0.5, 0.6) is 5.75 Å². The van der Waals surface area contributed by atoms with E-state index in [9.17, 15) is 4.79 Å². The van der Waals surface area contributed by atoms with Gasteiger partial charge in [-0.3, -0.25) is 4.79 Å². The first kappa shape index (κ1) is 17.0. The fourth-order valence-corrected chi connectivity index (χ4v) is 4.39. The Morgan fingerprint density at radius 2 is 2.17 bits per heavy atom. The lowest BCUT2D eigenvalue weighted by atomic mass is 9.96. The summed E-state index contributed by atoms with van der Waals surface area (Å²) in [4.78, 5) is 20.7. The molecule has 1 aliphatic carbocycles. The van der Waals surface area contributed by atoms with E-state index >= 15 is 0 Å². The van der Waals surface area contributed by atoms with Gasteiger partial charge < -0.3 is 9.64 Å². The van der Waals surface area contributed by atoms with Gasteiger partial charge in [0.25, 0.3) is 5.91 Å². The zero-order chi connectivity index (χ0) is 17.1. The van der Waals surface area contributed by atoms with Crippen LogP contribution in [0.1, 0.15) is 48.3 Å². The minimum atomic E-state index is -0.499. The molecule has 1 aromatic carbocycles. The van der Waals surface area contributed by atoms with Crippen molar-refractivity contribution < 1.29 is 9.53 Å². The van der Waals surface area contributed by atoms with Gasteiger partial charge in [0.05, 0.1) is 21.6 Å². The van der Waals surface area contributed by atoms with Crippen LogP contribution >= 0.6 is 11.3 Å². The van der Waals surface area contributed by atoms with Crippen molar-refractivity contribution in [2.24, 2.45) is 0 Å². The summed E-state index contributed by atoms with van der Waals surface area (Å²) >= 11 is 1.76. The number of carbonyl (C=O) groups is 1. The SMILES string of the molecule is CCc1nc2c(s1)[C@H](N(C)C(=O)[C@@H](C)Oc1ccccc1)CCC2. The molecular weight excluding hydrogens is 320 g/mol. The summed E-state index contributed by atoms with van der Waals surface area (Å²) in [6, 6.07) is 9.63. The second kappa shape index (κ2) is 7.34. The molecule has 24 heavy (non-hydrogen) atoms. The summed E-state index contributed by atoms with van der Waals surface area (Å²) in [5.41, 5.74) is 1.18. The van der Waals surface area contributed by atoms with Crippen molar-refractivity contribution in [2.75, 3.05) is 7.05 Å². The van der Waals surface area contributed by atoms with Crippen LogP contribution in [0.3, 0.4) is 0 Å². The second-order valence-corrected chi connectivity index (χ2v) is 7.32. The molecule has 0 saturated heterocycles. The maximum absolute atomic E-state index is 12.8. The number of likely N-dealkylation sites (N-methyl/N-ethyl adjacent to an activating group) is 1. The van der Waals surface area contributed by atoms with E-state index < -0.39 is 6.10 Å². The lowest BCUT2D eigenvalue weighted by Crippen LogP contribution is -2.40. The Morgan fingerprint density at radius 3 is 2.88 bits per heavy atom.